The fraction of sp³-hybridized carbons (Fsp3) is 0.333. The summed E-state index contributed by atoms with van der Waals surface area (Å²) in [6, 6.07) is 11.9. The summed E-state index contributed by atoms with van der Waals surface area (Å²) in [5.74, 6) is 0.955. The number of carbonyl (C=O) groups excluding carboxylic acids is 1. The van der Waals surface area contributed by atoms with E-state index in [2.05, 4.69) is 9.88 Å². The van der Waals surface area contributed by atoms with Gasteiger partial charge in [0.2, 0.25) is 0 Å². The summed E-state index contributed by atoms with van der Waals surface area (Å²) in [5, 5.41) is 0. The third-order valence-electron chi connectivity index (χ3n) is 4.54. The average Bonchev–Trinajstić information content (AvgIpc) is 3.06. The summed E-state index contributed by atoms with van der Waals surface area (Å²) in [4.78, 5) is 20.9. The predicted octanol–water partition coefficient (Wildman–Crippen LogP) is 1.73. The van der Waals surface area contributed by atoms with Crippen LogP contribution in [0.25, 0.3) is 0 Å². The maximum atomic E-state index is 12.7. The molecule has 5 nitrogen and oxygen atoms in total. The molecular weight excluding hydrogens is 290 g/mol. The lowest BCUT2D eigenvalue weighted by atomic mass is 10.1. The van der Waals surface area contributed by atoms with Gasteiger partial charge in [0, 0.05) is 50.7 Å². The van der Waals surface area contributed by atoms with Crippen LogP contribution >= 0.6 is 0 Å². The lowest BCUT2D eigenvalue weighted by Gasteiger charge is -2.36. The second-order valence-corrected chi connectivity index (χ2v) is 5.94. The molecular formula is C18H19N3O2. The third kappa shape index (κ3) is 2.74. The second-order valence-electron chi connectivity index (χ2n) is 5.94. The molecule has 0 N–H and O–H groups in total. The van der Waals surface area contributed by atoms with Crippen LogP contribution in [0, 0.1) is 0 Å². The third-order valence-corrected chi connectivity index (χ3v) is 4.54. The molecule has 0 radical (unpaired) electrons. The topological polar surface area (TPSA) is 45.7 Å². The molecule has 1 aromatic carbocycles. The van der Waals surface area contributed by atoms with Crippen LogP contribution in [0.4, 0.5) is 5.69 Å². The standard InChI is InChI=1S/C18H19N3O2/c22-18(17-13-14-3-1-2-4-16(14)23-17)21-11-9-20(10-12-21)15-5-7-19-8-6-15/h1-8,17H,9-13H2. The smallest absolute Gasteiger partial charge is 0.264 e. The van der Waals surface area contributed by atoms with Crippen LogP contribution in [0.5, 0.6) is 5.75 Å². The van der Waals surface area contributed by atoms with Crippen LogP contribution in [0.1, 0.15) is 5.56 Å². The number of nitrogens with zero attached hydrogens (tertiary/aromatic N) is 3. The summed E-state index contributed by atoms with van der Waals surface area (Å²) < 4.78 is 5.82. The summed E-state index contributed by atoms with van der Waals surface area (Å²) >= 11 is 0. The van der Waals surface area contributed by atoms with Gasteiger partial charge in [-0.25, -0.2) is 0 Å². The van der Waals surface area contributed by atoms with Crippen LogP contribution in [0.3, 0.4) is 0 Å². The zero-order valence-electron chi connectivity index (χ0n) is 12.9. The van der Waals surface area contributed by atoms with Crippen molar-refractivity contribution in [3.05, 3.63) is 54.4 Å². The maximum absolute atomic E-state index is 12.7. The number of pyridine rings is 1. The number of amides is 1. The normalized spacial score (nSPS) is 20.1. The number of hydrogen-bond acceptors (Lipinski definition) is 4. The Balaban J connectivity index is 1.37. The van der Waals surface area contributed by atoms with Crippen LogP contribution in [0.2, 0.25) is 0 Å². The minimum absolute atomic E-state index is 0.107. The molecule has 0 aliphatic carbocycles. The van der Waals surface area contributed by atoms with E-state index in [0.717, 1.165) is 43.2 Å². The van der Waals surface area contributed by atoms with E-state index in [0.29, 0.717) is 6.42 Å². The van der Waals surface area contributed by atoms with Crippen molar-refractivity contribution in [1.29, 1.82) is 0 Å². The van der Waals surface area contributed by atoms with Crippen LogP contribution in [0.15, 0.2) is 48.8 Å². The number of aromatic nitrogens is 1. The molecule has 2 aliphatic rings. The van der Waals surface area contributed by atoms with Crippen molar-refractivity contribution in [2.75, 3.05) is 31.1 Å². The van der Waals surface area contributed by atoms with Gasteiger partial charge in [0.1, 0.15) is 5.75 Å². The quantitative estimate of drug-likeness (QED) is 0.847. The van der Waals surface area contributed by atoms with Crippen molar-refractivity contribution >= 4 is 11.6 Å². The highest BCUT2D eigenvalue weighted by Gasteiger charge is 2.33. The van der Waals surface area contributed by atoms with E-state index in [1.165, 1.54) is 0 Å². The molecule has 1 unspecified atom stereocenters. The predicted molar refractivity (Wildman–Crippen MR) is 87.6 cm³/mol. The van der Waals surface area contributed by atoms with Gasteiger partial charge in [0.25, 0.3) is 5.91 Å². The van der Waals surface area contributed by atoms with Gasteiger partial charge < -0.3 is 14.5 Å². The van der Waals surface area contributed by atoms with Gasteiger partial charge >= 0.3 is 0 Å². The van der Waals surface area contributed by atoms with E-state index in [1.54, 1.807) is 12.4 Å². The molecule has 2 aromatic rings. The van der Waals surface area contributed by atoms with E-state index < -0.39 is 0 Å². The van der Waals surface area contributed by atoms with Crippen molar-refractivity contribution in [1.82, 2.24) is 9.88 Å². The van der Waals surface area contributed by atoms with Gasteiger partial charge in [-0.05, 0) is 23.8 Å². The number of ether oxygens (including phenoxy) is 1. The van der Waals surface area contributed by atoms with Crippen molar-refractivity contribution in [3.63, 3.8) is 0 Å². The molecule has 1 atom stereocenters. The van der Waals surface area contributed by atoms with E-state index in [-0.39, 0.29) is 12.0 Å². The Labute approximate surface area is 135 Å². The zero-order chi connectivity index (χ0) is 15.6. The number of hydrogen-bond donors (Lipinski definition) is 0. The first-order chi connectivity index (χ1) is 11.3. The van der Waals surface area contributed by atoms with Gasteiger partial charge in [-0.1, -0.05) is 18.2 Å². The van der Waals surface area contributed by atoms with Crippen LogP contribution in [-0.4, -0.2) is 48.1 Å². The van der Waals surface area contributed by atoms with E-state index in [1.807, 2.05) is 41.3 Å². The minimum atomic E-state index is -0.361. The average molecular weight is 309 g/mol. The molecule has 2 aliphatic heterocycles. The summed E-state index contributed by atoms with van der Waals surface area (Å²) in [7, 11) is 0. The van der Waals surface area contributed by atoms with Crippen molar-refractivity contribution in [3.8, 4) is 5.75 Å². The molecule has 1 amide bonds. The fourth-order valence-corrected chi connectivity index (χ4v) is 3.26. The van der Waals surface area contributed by atoms with E-state index >= 15 is 0 Å². The number of carbonyl (C=O) groups is 1. The van der Waals surface area contributed by atoms with Gasteiger partial charge in [-0.2, -0.15) is 0 Å². The lowest BCUT2D eigenvalue weighted by molar-refractivity contribution is -0.138. The van der Waals surface area contributed by atoms with Gasteiger partial charge in [0.15, 0.2) is 6.10 Å². The lowest BCUT2D eigenvalue weighted by Crippen LogP contribution is -2.52. The van der Waals surface area contributed by atoms with Crippen LogP contribution < -0.4 is 9.64 Å². The zero-order valence-corrected chi connectivity index (χ0v) is 12.9. The van der Waals surface area contributed by atoms with Gasteiger partial charge in [0.05, 0.1) is 0 Å². The molecule has 118 valence electrons. The first-order valence-electron chi connectivity index (χ1n) is 7.99. The van der Waals surface area contributed by atoms with Gasteiger partial charge in [-0.3, -0.25) is 9.78 Å². The highest BCUT2D eigenvalue weighted by Crippen LogP contribution is 2.29. The Morgan fingerprint density at radius 1 is 1.04 bits per heavy atom. The summed E-state index contributed by atoms with van der Waals surface area (Å²) in [6.45, 7) is 3.15. The molecule has 1 aromatic heterocycles. The summed E-state index contributed by atoms with van der Waals surface area (Å²) in [6.07, 6.45) is 3.92. The molecule has 5 heteroatoms. The molecule has 23 heavy (non-hydrogen) atoms. The Morgan fingerprint density at radius 3 is 2.52 bits per heavy atom. The number of para-hydroxylation sites is 1. The number of fused-ring (bicyclic) bond motifs is 1. The SMILES string of the molecule is O=C(C1Cc2ccccc2O1)N1CCN(c2ccncc2)CC1. The van der Waals surface area contributed by atoms with Gasteiger partial charge in [-0.15, -0.1) is 0 Å². The highest BCUT2D eigenvalue weighted by molar-refractivity contribution is 5.83. The molecule has 0 bridgehead atoms. The minimum Gasteiger partial charge on any atom is -0.480 e. The highest BCUT2D eigenvalue weighted by atomic mass is 16.5. The molecule has 1 fully saturated rings. The Bertz CT molecular complexity index is 671. The fourth-order valence-electron chi connectivity index (χ4n) is 3.26. The van der Waals surface area contributed by atoms with E-state index in [9.17, 15) is 4.79 Å². The summed E-state index contributed by atoms with van der Waals surface area (Å²) in [5.41, 5.74) is 2.29. The molecule has 0 saturated carbocycles. The first kappa shape index (κ1) is 14.1. The van der Waals surface area contributed by atoms with Crippen molar-refractivity contribution in [2.24, 2.45) is 0 Å². The van der Waals surface area contributed by atoms with Crippen LogP contribution in [-0.2, 0) is 11.2 Å². The number of rotatable bonds is 2. The van der Waals surface area contributed by atoms with Crippen molar-refractivity contribution < 1.29 is 9.53 Å². The maximum Gasteiger partial charge on any atom is 0.264 e. The Morgan fingerprint density at radius 2 is 1.78 bits per heavy atom. The molecule has 4 rings (SSSR count). The molecule has 0 spiro atoms. The monoisotopic (exact) mass is 309 g/mol. The van der Waals surface area contributed by atoms with Crippen molar-refractivity contribution in [2.45, 2.75) is 12.5 Å². The first-order valence-corrected chi connectivity index (χ1v) is 7.99. The molecule has 1 saturated heterocycles. The number of anilines is 1. The second kappa shape index (κ2) is 5.91. The Kier molecular flexibility index (Phi) is 3.61. The number of piperazine rings is 1. The molecule has 3 heterocycles. The van der Waals surface area contributed by atoms with E-state index in [4.69, 9.17) is 4.74 Å². The largest absolute Gasteiger partial charge is 0.480 e. The number of benzene rings is 1. The Hall–Kier alpha value is -2.56.